The number of ether oxygens (including phenoxy) is 1. The number of methoxy groups -OCH3 is 1. The predicted octanol–water partition coefficient (Wildman–Crippen LogP) is 1.25. The van der Waals surface area contributed by atoms with Crippen LogP contribution in [-0.4, -0.2) is 91.6 Å². The third kappa shape index (κ3) is 5.59. The molecule has 2 unspecified atom stereocenters. The quantitative estimate of drug-likeness (QED) is 0.725. The van der Waals surface area contributed by atoms with Crippen LogP contribution in [0.25, 0.3) is 0 Å². The van der Waals surface area contributed by atoms with Crippen molar-refractivity contribution in [1.82, 2.24) is 20.0 Å². The standard InChI is InChI=1S/C23H36N4O3/c1-18-7-4-5-8-20(18)16-26(13-14-30-3)21-15-22(27(17-21)19(2)28)23(29)25-11-6-9-24-10-12-25/h4-5,7-8,21-22,24H,6,9-17H2,1-3H3. The van der Waals surface area contributed by atoms with E-state index in [0.717, 1.165) is 39.1 Å². The van der Waals surface area contributed by atoms with E-state index in [-0.39, 0.29) is 23.9 Å². The molecule has 7 nitrogen and oxygen atoms in total. The zero-order valence-electron chi connectivity index (χ0n) is 18.6. The van der Waals surface area contributed by atoms with E-state index < -0.39 is 0 Å². The maximum absolute atomic E-state index is 13.3. The number of rotatable bonds is 7. The van der Waals surface area contributed by atoms with Crippen molar-refractivity contribution in [2.75, 3.05) is 53.0 Å². The Hall–Kier alpha value is -1.96. The first-order valence-electron chi connectivity index (χ1n) is 11.1. The zero-order chi connectivity index (χ0) is 21.5. The number of nitrogens with one attached hydrogen (secondary N) is 1. The number of benzene rings is 1. The number of hydrogen-bond acceptors (Lipinski definition) is 5. The minimum Gasteiger partial charge on any atom is -0.383 e. The number of carbonyl (C=O) groups is 2. The van der Waals surface area contributed by atoms with Crippen molar-refractivity contribution in [3.8, 4) is 0 Å². The lowest BCUT2D eigenvalue weighted by Crippen LogP contribution is -2.48. The molecule has 0 aromatic heterocycles. The molecule has 0 aliphatic carbocycles. The highest BCUT2D eigenvalue weighted by molar-refractivity contribution is 5.87. The maximum Gasteiger partial charge on any atom is 0.245 e. The second-order valence-corrected chi connectivity index (χ2v) is 8.40. The van der Waals surface area contributed by atoms with Crippen molar-refractivity contribution in [2.45, 2.75) is 45.3 Å². The average Bonchev–Trinajstić information content (AvgIpc) is 3.00. The molecule has 0 spiro atoms. The summed E-state index contributed by atoms with van der Waals surface area (Å²) in [6, 6.07) is 8.17. The molecule has 2 heterocycles. The first-order valence-corrected chi connectivity index (χ1v) is 11.1. The van der Waals surface area contributed by atoms with Crippen LogP contribution in [0.2, 0.25) is 0 Å². The Morgan fingerprint density at radius 2 is 2.03 bits per heavy atom. The number of aryl methyl sites for hydroxylation is 1. The van der Waals surface area contributed by atoms with Crippen molar-refractivity contribution < 1.29 is 14.3 Å². The lowest BCUT2D eigenvalue weighted by atomic mass is 10.1. The fourth-order valence-electron chi connectivity index (χ4n) is 4.54. The van der Waals surface area contributed by atoms with Crippen LogP contribution in [0.15, 0.2) is 24.3 Å². The van der Waals surface area contributed by atoms with Crippen LogP contribution in [-0.2, 0) is 20.9 Å². The van der Waals surface area contributed by atoms with Crippen molar-refractivity contribution in [3.63, 3.8) is 0 Å². The van der Waals surface area contributed by atoms with Gasteiger partial charge in [-0.3, -0.25) is 14.5 Å². The molecular formula is C23H36N4O3. The average molecular weight is 417 g/mol. The van der Waals surface area contributed by atoms with Gasteiger partial charge in [-0.25, -0.2) is 0 Å². The van der Waals surface area contributed by atoms with E-state index in [1.165, 1.54) is 11.1 Å². The predicted molar refractivity (Wildman–Crippen MR) is 117 cm³/mol. The summed E-state index contributed by atoms with van der Waals surface area (Å²) in [4.78, 5) is 31.8. The third-order valence-electron chi connectivity index (χ3n) is 6.35. The summed E-state index contributed by atoms with van der Waals surface area (Å²) in [6.07, 6.45) is 1.63. The van der Waals surface area contributed by atoms with Crippen molar-refractivity contribution in [3.05, 3.63) is 35.4 Å². The third-order valence-corrected chi connectivity index (χ3v) is 6.35. The molecule has 2 aliphatic rings. The lowest BCUT2D eigenvalue weighted by molar-refractivity contribution is -0.142. The number of nitrogens with zero attached hydrogens (tertiary/aromatic N) is 3. The molecule has 0 radical (unpaired) electrons. The first-order chi connectivity index (χ1) is 14.5. The van der Waals surface area contributed by atoms with Crippen LogP contribution in [0.4, 0.5) is 0 Å². The maximum atomic E-state index is 13.3. The fourth-order valence-corrected chi connectivity index (χ4v) is 4.54. The van der Waals surface area contributed by atoms with Gasteiger partial charge in [0.15, 0.2) is 0 Å². The van der Waals surface area contributed by atoms with E-state index in [1.54, 1.807) is 18.9 Å². The Kier molecular flexibility index (Phi) is 8.24. The van der Waals surface area contributed by atoms with Crippen LogP contribution in [0.5, 0.6) is 0 Å². The van der Waals surface area contributed by atoms with Crippen LogP contribution >= 0.6 is 0 Å². The van der Waals surface area contributed by atoms with Crippen molar-refractivity contribution in [1.29, 1.82) is 0 Å². The zero-order valence-corrected chi connectivity index (χ0v) is 18.6. The van der Waals surface area contributed by atoms with Gasteiger partial charge in [-0.05, 0) is 37.4 Å². The fraction of sp³-hybridized carbons (Fsp3) is 0.652. The Morgan fingerprint density at radius 3 is 2.77 bits per heavy atom. The number of amides is 2. The summed E-state index contributed by atoms with van der Waals surface area (Å²) in [5, 5.41) is 3.34. The molecular weight excluding hydrogens is 380 g/mol. The van der Waals surface area contributed by atoms with Gasteiger partial charge in [-0.15, -0.1) is 0 Å². The Bertz CT molecular complexity index is 718. The van der Waals surface area contributed by atoms with Gasteiger partial charge in [-0.1, -0.05) is 24.3 Å². The van der Waals surface area contributed by atoms with Crippen molar-refractivity contribution >= 4 is 11.8 Å². The molecule has 0 bridgehead atoms. The highest BCUT2D eigenvalue weighted by Gasteiger charge is 2.42. The molecule has 2 saturated heterocycles. The van der Waals surface area contributed by atoms with E-state index in [2.05, 4.69) is 41.4 Å². The van der Waals surface area contributed by atoms with Crippen LogP contribution in [0.3, 0.4) is 0 Å². The summed E-state index contributed by atoms with van der Waals surface area (Å²) < 4.78 is 5.35. The van der Waals surface area contributed by atoms with Gasteiger partial charge in [0.05, 0.1) is 6.61 Å². The van der Waals surface area contributed by atoms with Crippen LogP contribution in [0, 0.1) is 6.92 Å². The molecule has 166 valence electrons. The second-order valence-electron chi connectivity index (χ2n) is 8.40. The summed E-state index contributed by atoms with van der Waals surface area (Å²) in [6.45, 7) is 9.71. The van der Waals surface area contributed by atoms with E-state index >= 15 is 0 Å². The number of hydrogen-bond donors (Lipinski definition) is 1. The molecule has 2 amide bonds. The Balaban J connectivity index is 1.76. The highest BCUT2D eigenvalue weighted by Crippen LogP contribution is 2.26. The van der Waals surface area contributed by atoms with Gasteiger partial charge in [0.1, 0.15) is 6.04 Å². The summed E-state index contributed by atoms with van der Waals surface area (Å²) in [7, 11) is 1.71. The van der Waals surface area contributed by atoms with Gasteiger partial charge >= 0.3 is 0 Å². The first kappa shape index (κ1) is 22.7. The summed E-state index contributed by atoms with van der Waals surface area (Å²) >= 11 is 0. The largest absolute Gasteiger partial charge is 0.383 e. The SMILES string of the molecule is COCCN(Cc1ccccc1C)C1CC(C(=O)N2CCCNCC2)N(C(C)=O)C1. The normalized spacial score (nSPS) is 22.4. The molecule has 7 heteroatoms. The van der Waals surface area contributed by atoms with Gasteiger partial charge in [-0.2, -0.15) is 0 Å². The number of likely N-dealkylation sites (tertiary alicyclic amines) is 1. The highest BCUT2D eigenvalue weighted by atomic mass is 16.5. The van der Waals surface area contributed by atoms with E-state index in [0.29, 0.717) is 26.1 Å². The Morgan fingerprint density at radius 1 is 1.23 bits per heavy atom. The van der Waals surface area contributed by atoms with E-state index in [9.17, 15) is 9.59 Å². The van der Waals surface area contributed by atoms with Gasteiger partial charge in [0, 0.05) is 59.3 Å². The molecule has 1 aromatic carbocycles. The smallest absolute Gasteiger partial charge is 0.245 e. The van der Waals surface area contributed by atoms with Crippen molar-refractivity contribution in [2.24, 2.45) is 0 Å². The van der Waals surface area contributed by atoms with E-state index in [1.807, 2.05) is 4.90 Å². The topological polar surface area (TPSA) is 65.1 Å². The number of carbonyl (C=O) groups excluding carboxylic acids is 2. The molecule has 2 fully saturated rings. The summed E-state index contributed by atoms with van der Waals surface area (Å²) in [5.41, 5.74) is 2.53. The van der Waals surface area contributed by atoms with Gasteiger partial charge in [0.25, 0.3) is 0 Å². The van der Waals surface area contributed by atoms with Gasteiger partial charge in [0.2, 0.25) is 11.8 Å². The molecule has 2 atom stereocenters. The molecule has 2 aliphatic heterocycles. The molecule has 1 aromatic rings. The minimum absolute atomic E-state index is 0.0219. The molecule has 30 heavy (non-hydrogen) atoms. The second kappa shape index (κ2) is 10.9. The monoisotopic (exact) mass is 416 g/mol. The molecule has 0 saturated carbocycles. The van der Waals surface area contributed by atoms with Crippen LogP contribution < -0.4 is 5.32 Å². The Labute approximate surface area is 180 Å². The molecule has 3 rings (SSSR count). The van der Waals surface area contributed by atoms with E-state index in [4.69, 9.17) is 4.74 Å². The van der Waals surface area contributed by atoms with Gasteiger partial charge < -0.3 is 19.9 Å². The minimum atomic E-state index is -0.368. The van der Waals surface area contributed by atoms with Crippen LogP contribution in [0.1, 0.15) is 30.9 Å². The molecule has 1 N–H and O–H groups in total. The lowest BCUT2D eigenvalue weighted by Gasteiger charge is -2.29. The summed E-state index contributed by atoms with van der Waals surface area (Å²) in [5.74, 6) is 0.0744.